The van der Waals surface area contributed by atoms with Gasteiger partial charge < -0.3 is 10.5 Å². The summed E-state index contributed by atoms with van der Waals surface area (Å²) in [7, 11) is 0. The molecular weight excluding hydrogens is 318 g/mol. The van der Waals surface area contributed by atoms with Crippen molar-refractivity contribution in [3.8, 4) is 5.75 Å². The van der Waals surface area contributed by atoms with Crippen molar-refractivity contribution in [3.63, 3.8) is 0 Å². The van der Waals surface area contributed by atoms with Gasteiger partial charge in [0.1, 0.15) is 12.4 Å². The summed E-state index contributed by atoms with van der Waals surface area (Å²) in [5, 5.41) is 0. The van der Waals surface area contributed by atoms with Gasteiger partial charge >= 0.3 is 0 Å². The number of ether oxygens (including phenoxy) is 1. The summed E-state index contributed by atoms with van der Waals surface area (Å²) >= 11 is 0. The SMILES string of the molecule is Cl.NC(Cc1ccccc1)c1ccc(OCc2ccccc2)cc1. The highest BCUT2D eigenvalue weighted by atomic mass is 35.5. The van der Waals surface area contributed by atoms with Crippen LogP contribution >= 0.6 is 12.4 Å². The fraction of sp³-hybridized carbons (Fsp3) is 0.143. The summed E-state index contributed by atoms with van der Waals surface area (Å²) in [6.45, 7) is 0.580. The Kier molecular flexibility index (Phi) is 6.86. The summed E-state index contributed by atoms with van der Waals surface area (Å²) in [4.78, 5) is 0. The third kappa shape index (κ3) is 5.12. The number of benzene rings is 3. The Morgan fingerprint density at radius 1 is 0.708 bits per heavy atom. The maximum absolute atomic E-state index is 6.30. The lowest BCUT2D eigenvalue weighted by molar-refractivity contribution is 0.306. The number of hydrogen-bond acceptors (Lipinski definition) is 2. The normalized spacial score (nSPS) is 11.4. The Morgan fingerprint density at radius 2 is 1.25 bits per heavy atom. The molecule has 1 atom stereocenters. The van der Waals surface area contributed by atoms with Gasteiger partial charge in [-0.05, 0) is 35.2 Å². The first-order valence-corrected chi connectivity index (χ1v) is 7.87. The highest BCUT2D eigenvalue weighted by molar-refractivity contribution is 5.85. The number of rotatable bonds is 6. The zero-order chi connectivity index (χ0) is 15.9. The van der Waals surface area contributed by atoms with Gasteiger partial charge in [0.05, 0.1) is 0 Å². The molecule has 0 saturated carbocycles. The van der Waals surface area contributed by atoms with E-state index in [1.165, 1.54) is 5.56 Å². The van der Waals surface area contributed by atoms with E-state index in [-0.39, 0.29) is 18.4 Å². The molecule has 0 heterocycles. The minimum Gasteiger partial charge on any atom is -0.489 e. The van der Waals surface area contributed by atoms with E-state index in [1.54, 1.807) is 0 Å². The monoisotopic (exact) mass is 339 g/mol. The van der Waals surface area contributed by atoms with Gasteiger partial charge in [-0.1, -0.05) is 72.8 Å². The van der Waals surface area contributed by atoms with Crippen molar-refractivity contribution in [3.05, 3.63) is 102 Å². The Hall–Kier alpha value is -2.29. The molecule has 0 amide bonds. The molecular formula is C21H22ClNO. The Labute approximate surface area is 149 Å². The number of nitrogens with two attached hydrogens (primary N) is 1. The topological polar surface area (TPSA) is 35.2 Å². The minimum absolute atomic E-state index is 0. The quantitative estimate of drug-likeness (QED) is 0.691. The van der Waals surface area contributed by atoms with Crippen LogP contribution in [-0.2, 0) is 13.0 Å². The van der Waals surface area contributed by atoms with Gasteiger partial charge in [-0.25, -0.2) is 0 Å². The average molecular weight is 340 g/mol. The third-order valence-corrected chi connectivity index (χ3v) is 3.86. The highest BCUT2D eigenvalue weighted by Crippen LogP contribution is 2.20. The van der Waals surface area contributed by atoms with E-state index in [2.05, 4.69) is 24.3 Å². The van der Waals surface area contributed by atoms with Crippen molar-refractivity contribution in [1.29, 1.82) is 0 Å². The predicted molar refractivity (Wildman–Crippen MR) is 102 cm³/mol. The van der Waals surface area contributed by atoms with Crippen LogP contribution in [-0.4, -0.2) is 0 Å². The minimum atomic E-state index is 0. The summed E-state index contributed by atoms with van der Waals surface area (Å²) < 4.78 is 5.80. The molecule has 0 aliphatic heterocycles. The zero-order valence-electron chi connectivity index (χ0n) is 13.5. The predicted octanol–water partition coefficient (Wildman–Crippen LogP) is 4.93. The lowest BCUT2D eigenvalue weighted by Crippen LogP contribution is -2.13. The lowest BCUT2D eigenvalue weighted by Gasteiger charge is -2.13. The van der Waals surface area contributed by atoms with Gasteiger partial charge in [0, 0.05) is 6.04 Å². The van der Waals surface area contributed by atoms with Crippen molar-refractivity contribution < 1.29 is 4.74 Å². The van der Waals surface area contributed by atoms with Crippen LogP contribution in [0.2, 0.25) is 0 Å². The fourth-order valence-electron chi connectivity index (χ4n) is 2.54. The largest absolute Gasteiger partial charge is 0.489 e. The second kappa shape index (κ2) is 9.11. The molecule has 3 heteroatoms. The first-order chi connectivity index (χ1) is 11.3. The van der Waals surface area contributed by atoms with Crippen molar-refractivity contribution in [2.75, 3.05) is 0 Å². The van der Waals surface area contributed by atoms with E-state index in [0.29, 0.717) is 6.61 Å². The van der Waals surface area contributed by atoms with Crippen molar-refractivity contribution >= 4 is 12.4 Å². The maximum atomic E-state index is 6.30. The molecule has 3 rings (SSSR count). The second-order valence-electron chi connectivity index (χ2n) is 5.64. The van der Waals surface area contributed by atoms with Crippen LogP contribution in [0, 0.1) is 0 Å². The molecule has 2 nitrogen and oxygen atoms in total. The molecule has 3 aromatic carbocycles. The van der Waals surface area contributed by atoms with E-state index < -0.39 is 0 Å². The molecule has 0 saturated heterocycles. The first kappa shape index (κ1) is 18.1. The standard InChI is InChI=1S/C21H21NO.ClH/c22-21(15-17-7-3-1-4-8-17)19-11-13-20(14-12-19)23-16-18-9-5-2-6-10-18;/h1-14,21H,15-16,22H2;1H. The zero-order valence-corrected chi connectivity index (χ0v) is 14.3. The van der Waals surface area contributed by atoms with E-state index >= 15 is 0 Å². The van der Waals surface area contributed by atoms with Crippen LogP contribution < -0.4 is 10.5 Å². The van der Waals surface area contributed by atoms with E-state index in [4.69, 9.17) is 10.5 Å². The first-order valence-electron chi connectivity index (χ1n) is 7.87. The van der Waals surface area contributed by atoms with Crippen LogP contribution in [0.1, 0.15) is 22.7 Å². The van der Waals surface area contributed by atoms with Crippen LogP contribution in [0.3, 0.4) is 0 Å². The Morgan fingerprint density at radius 3 is 1.83 bits per heavy atom. The number of hydrogen-bond donors (Lipinski definition) is 1. The van der Waals surface area contributed by atoms with Gasteiger partial charge in [-0.3, -0.25) is 0 Å². The van der Waals surface area contributed by atoms with Crippen molar-refractivity contribution in [2.24, 2.45) is 5.73 Å². The molecule has 0 bridgehead atoms. The van der Waals surface area contributed by atoms with Gasteiger partial charge in [0.15, 0.2) is 0 Å². The van der Waals surface area contributed by atoms with Gasteiger partial charge in [0.25, 0.3) is 0 Å². The average Bonchev–Trinajstić information content (AvgIpc) is 2.62. The molecule has 0 radical (unpaired) electrons. The summed E-state index contributed by atoms with van der Waals surface area (Å²) in [6.07, 6.45) is 0.838. The maximum Gasteiger partial charge on any atom is 0.119 e. The van der Waals surface area contributed by atoms with Crippen LogP contribution in [0.4, 0.5) is 0 Å². The molecule has 124 valence electrons. The van der Waals surface area contributed by atoms with E-state index in [9.17, 15) is 0 Å². The highest BCUT2D eigenvalue weighted by Gasteiger charge is 2.07. The third-order valence-electron chi connectivity index (χ3n) is 3.86. The van der Waals surface area contributed by atoms with Crippen LogP contribution in [0.25, 0.3) is 0 Å². The Bertz CT molecular complexity index is 714. The molecule has 24 heavy (non-hydrogen) atoms. The fourth-order valence-corrected chi connectivity index (χ4v) is 2.54. The smallest absolute Gasteiger partial charge is 0.119 e. The molecule has 0 fully saturated rings. The van der Waals surface area contributed by atoms with Gasteiger partial charge in [-0.2, -0.15) is 0 Å². The van der Waals surface area contributed by atoms with Crippen molar-refractivity contribution in [1.82, 2.24) is 0 Å². The molecule has 0 aliphatic carbocycles. The molecule has 2 N–H and O–H groups in total. The molecule has 1 unspecified atom stereocenters. The van der Waals surface area contributed by atoms with E-state index in [0.717, 1.165) is 23.3 Å². The molecule has 0 aromatic heterocycles. The molecule has 0 aliphatic rings. The Balaban J connectivity index is 0.00000208. The lowest BCUT2D eigenvalue weighted by atomic mass is 10.00. The van der Waals surface area contributed by atoms with Gasteiger partial charge in [-0.15, -0.1) is 12.4 Å². The summed E-state index contributed by atoms with van der Waals surface area (Å²) in [5.41, 5.74) is 9.85. The molecule has 0 spiro atoms. The van der Waals surface area contributed by atoms with Crippen molar-refractivity contribution in [2.45, 2.75) is 19.1 Å². The summed E-state index contributed by atoms with van der Waals surface area (Å²) in [6, 6.07) is 28.6. The molecule has 3 aromatic rings. The summed E-state index contributed by atoms with van der Waals surface area (Å²) in [5.74, 6) is 0.865. The number of halogens is 1. The van der Waals surface area contributed by atoms with Gasteiger partial charge in [0.2, 0.25) is 0 Å². The van der Waals surface area contributed by atoms with Crippen LogP contribution in [0.15, 0.2) is 84.9 Å². The van der Waals surface area contributed by atoms with E-state index in [1.807, 2.05) is 60.7 Å². The van der Waals surface area contributed by atoms with Crippen LogP contribution in [0.5, 0.6) is 5.75 Å². The second-order valence-corrected chi connectivity index (χ2v) is 5.64.